The molecule has 100 valence electrons. The lowest BCUT2D eigenvalue weighted by Gasteiger charge is -2.10. The summed E-state index contributed by atoms with van der Waals surface area (Å²) in [6.45, 7) is 6.23. The number of anilines is 1. The van der Waals surface area contributed by atoms with Gasteiger partial charge >= 0.3 is 0 Å². The van der Waals surface area contributed by atoms with E-state index in [1.165, 1.54) is 0 Å². The molecule has 0 aromatic heterocycles. The van der Waals surface area contributed by atoms with Crippen molar-refractivity contribution in [2.24, 2.45) is 0 Å². The highest BCUT2D eigenvalue weighted by molar-refractivity contribution is 5.94. The van der Waals surface area contributed by atoms with Crippen LogP contribution in [0.2, 0.25) is 0 Å². The number of hydrogen-bond donors (Lipinski definition) is 2. The number of aryl methyl sites for hydroxylation is 1. The van der Waals surface area contributed by atoms with Crippen molar-refractivity contribution < 1.29 is 9.53 Å². The number of carbonyl (C=O) groups is 1. The van der Waals surface area contributed by atoms with Crippen molar-refractivity contribution in [1.82, 2.24) is 5.32 Å². The number of nitrogens with one attached hydrogen (secondary N) is 2. The van der Waals surface area contributed by atoms with Gasteiger partial charge in [-0.1, -0.05) is 0 Å². The van der Waals surface area contributed by atoms with Crippen LogP contribution >= 0.6 is 0 Å². The maximum atomic E-state index is 11.9. The van der Waals surface area contributed by atoms with E-state index in [2.05, 4.69) is 17.6 Å². The summed E-state index contributed by atoms with van der Waals surface area (Å²) in [5.74, 6) is -0.0303. The molecule has 18 heavy (non-hydrogen) atoms. The Morgan fingerprint density at radius 2 is 2.17 bits per heavy atom. The lowest BCUT2D eigenvalue weighted by molar-refractivity contribution is 0.0948. The first kappa shape index (κ1) is 14.5. The largest absolute Gasteiger partial charge is 0.385 e. The Kier molecular flexibility index (Phi) is 6.22. The molecule has 0 atom stereocenters. The van der Waals surface area contributed by atoms with E-state index in [0.717, 1.165) is 24.2 Å². The quantitative estimate of drug-likeness (QED) is 0.729. The minimum Gasteiger partial charge on any atom is -0.385 e. The van der Waals surface area contributed by atoms with Crippen LogP contribution in [0.1, 0.15) is 29.3 Å². The van der Waals surface area contributed by atoms with E-state index in [-0.39, 0.29) is 5.91 Å². The number of carbonyl (C=O) groups excluding carboxylic acids is 1. The molecule has 0 unspecified atom stereocenters. The highest BCUT2D eigenvalue weighted by atomic mass is 16.5. The molecule has 2 N–H and O–H groups in total. The summed E-state index contributed by atoms with van der Waals surface area (Å²) in [7, 11) is 1.66. The van der Waals surface area contributed by atoms with E-state index in [1.54, 1.807) is 7.11 Å². The van der Waals surface area contributed by atoms with Gasteiger partial charge in [0.1, 0.15) is 0 Å². The molecule has 0 heterocycles. The fourth-order valence-corrected chi connectivity index (χ4v) is 1.71. The van der Waals surface area contributed by atoms with Crippen LogP contribution in [0.4, 0.5) is 5.69 Å². The van der Waals surface area contributed by atoms with Crippen LogP contribution in [0.3, 0.4) is 0 Å². The van der Waals surface area contributed by atoms with Gasteiger partial charge in [-0.05, 0) is 44.0 Å². The number of hydrogen-bond acceptors (Lipinski definition) is 3. The van der Waals surface area contributed by atoms with Crippen molar-refractivity contribution in [3.05, 3.63) is 29.3 Å². The molecule has 0 saturated heterocycles. The second-order valence-electron chi connectivity index (χ2n) is 4.16. The van der Waals surface area contributed by atoms with E-state index in [0.29, 0.717) is 18.7 Å². The van der Waals surface area contributed by atoms with Gasteiger partial charge in [-0.25, -0.2) is 0 Å². The zero-order valence-corrected chi connectivity index (χ0v) is 11.4. The van der Waals surface area contributed by atoms with Crippen LogP contribution in [0.15, 0.2) is 18.2 Å². The monoisotopic (exact) mass is 250 g/mol. The molecule has 0 radical (unpaired) electrons. The first-order chi connectivity index (χ1) is 8.69. The molecule has 0 saturated carbocycles. The van der Waals surface area contributed by atoms with Gasteiger partial charge in [0, 0.05) is 38.1 Å². The SMILES string of the molecule is CCNc1ccc(C(=O)NCCCOC)cc1C. The summed E-state index contributed by atoms with van der Waals surface area (Å²) in [5.41, 5.74) is 2.86. The number of ether oxygens (including phenoxy) is 1. The molecule has 1 amide bonds. The van der Waals surface area contributed by atoms with Gasteiger partial charge in [-0.15, -0.1) is 0 Å². The predicted octanol–water partition coefficient (Wildman–Crippen LogP) is 2.19. The number of rotatable bonds is 7. The van der Waals surface area contributed by atoms with Gasteiger partial charge in [-0.3, -0.25) is 4.79 Å². The van der Waals surface area contributed by atoms with Crippen molar-refractivity contribution in [2.45, 2.75) is 20.3 Å². The standard InChI is InChI=1S/C14H22N2O2/c1-4-15-13-7-6-12(10-11(13)2)14(17)16-8-5-9-18-3/h6-7,10,15H,4-5,8-9H2,1-3H3,(H,16,17). The van der Waals surface area contributed by atoms with Crippen molar-refractivity contribution >= 4 is 11.6 Å². The van der Waals surface area contributed by atoms with Crippen molar-refractivity contribution in [3.8, 4) is 0 Å². The Labute approximate surface area is 109 Å². The molecule has 0 aliphatic heterocycles. The summed E-state index contributed by atoms with van der Waals surface area (Å²) < 4.78 is 4.93. The third-order valence-electron chi connectivity index (χ3n) is 2.67. The van der Waals surface area contributed by atoms with Crippen LogP contribution in [-0.2, 0) is 4.74 Å². The maximum absolute atomic E-state index is 11.9. The number of amides is 1. The van der Waals surface area contributed by atoms with Gasteiger partial charge in [-0.2, -0.15) is 0 Å². The second-order valence-corrected chi connectivity index (χ2v) is 4.16. The highest BCUT2D eigenvalue weighted by Crippen LogP contribution is 2.16. The second kappa shape index (κ2) is 7.71. The molecule has 4 nitrogen and oxygen atoms in total. The minimum atomic E-state index is -0.0303. The van der Waals surface area contributed by atoms with E-state index in [1.807, 2.05) is 25.1 Å². The van der Waals surface area contributed by atoms with Gasteiger partial charge in [0.15, 0.2) is 0 Å². The van der Waals surface area contributed by atoms with E-state index >= 15 is 0 Å². The fraction of sp³-hybridized carbons (Fsp3) is 0.500. The van der Waals surface area contributed by atoms with Gasteiger partial charge in [0.05, 0.1) is 0 Å². The maximum Gasteiger partial charge on any atom is 0.251 e. The average Bonchev–Trinajstić information content (AvgIpc) is 2.37. The zero-order valence-electron chi connectivity index (χ0n) is 11.4. The Hall–Kier alpha value is -1.55. The molecule has 0 fully saturated rings. The molecule has 1 rings (SSSR count). The molecule has 0 aliphatic carbocycles. The number of methoxy groups -OCH3 is 1. The lowest BCUT2D eigenvalue weighted by atomic mass is 10.1. The normalized spacial score (nSPS) is 10.2. The van der Waals surface area contributed by atoms with Crippen LogP contribution in [0, 0.1) is 6.92 Å². The van der Waals surface area contributed by atoms with E-state index in [9.17, 15) is 4.79 Å². The summed E-state index contributed by atoms with van der Waals surface area (Å²) in [6.07, 6.45) is 0.830. The Morgan fingerprint density at radius 3 is 2.78 bits per heavy atom. The van der Waals surface area contributed by atoms with Crippen LogP contribution in [0.25, 0.3) is 0 Å². The first-order valence-corrected chi connectivity index (χ1v) is 6.30. The molecule has 4 heteroatoms. The fourth-order valence-electron chi connectivity index (χ4n) is 1.71. The van der Waals surface area contributed by atoms with E-state index in [4.69, 9.17) is 4.74 Å². The Bertz CT molecular complexity index is 391. The highest BCUT2D eigenvalue weighted by Gasteiger charge is 2.06. The van der Waals surface area contributed by atoms with Crippen molar-refractivity contribution in [2.75, 3.05) is 32.1 Å². The van der Waals surface area contributed by atoms with Gasteiger partial charge in [0.2, 0.25) is 0 Å². The molecule has 0 aliphatic rings. The summed E-state index contributed by atoms with van der Waals surface area (Å²) in [5, 5.41) is 6.13. The summed E-state index contributed by atoms with van der Waals surface area (Å²) in [4.78, 5) is 11.9. The van der Waals surface area contributed by atoms with Gasteiger partial charge in [0.25, 0.3) is 5.91 Å². The van der Waals surface area contributed by atoms with Crippen LogP contribution in [0.5, 0.6) is 0 Å². The topological polar surface area (TPSA) is 50.4 Å². The average molecular weight is 250 g/mol. The summed E-state index contributed by atoms with van der Waals surface area (Å²) in [6, 6.07) is 5.70. The van der Waals surface area contributed by atoms with Crippen molar-refractivity contribution in [1.29, 1.82) is 0 Å². The Balaban J connectivity index is 2.55. The molecular weight excluding hydrogens is 228 g/mol. The molecular formula is C14H22N2O2. The smallest absolute Gasteiger partial charge is 0.251 e. The predicted molar refractivity (Wildman–Crippen MR) is 74.2 cm³/mol. The van der Waals surface area contributed by atoms with E-state index < -0.39 is 0 Å². The Morgan fingerprint density at radius 1 is 1.39 bits per heavy atom. The third-order valence-corrected chi connectivity index (χ3v) is 2.67. The van der Waals surface area contributed by atoms with Gasteiger partial charge < -0.3 is 15.4 Å². The van der Waals surface area contributed by atoms with Crippen LogP contribution < -0.4 is 10.6 Å². The molecule has 1 aromatic carbocycles. The number of benzene rings is 1. The zero-order chi connectivity index (χ0) is 13.4. The first-order valence-electron chi connectivity index (χ1n) is 6.30. The molecule has 0 bridgehead atoms. The minimum absolute atomic E-state index is 0.0303. The van der Waals surface area contributed by atoms with Crippen LogP contribution in [-0.4, -0.2) is 32.7 Å². The lowest BCUT2D eigenvalue weighted by Crippen LogP contribution is -2.25. The molecule has 0 spiro atoms. The third kappa shape index (κ3) is 4.37. The molecule has 1 aromatic rings. The van der Waals surface area contributed by atoms with Crippen molar-refractivity contribution in [3.63, 3.8) is 0 Å². The summed E-state index contributed by atoms with van der Waals surface area (Å²) >= 11 is 0.